The molecular weight excluding hydrogens is 463 g/mol. The van der Waals surface area contributed by atoms with Crippen molar-refractivity contribution in [3.05, 3.63) is 64.0 Å². The molecule has 1 aromatic carbocycles. The molecule has 33 heavy (non-hydrogen) atoms. The molecule has 3 aromatic rings. The minimum atomic E-state index is -4.04. The van der Waals surface area contributed by atoms with Gasteiger partial charge in [-0.05, 0) is 61.6 Å². The van der Waals surface area contributed by atoms with E-state index in [2.05, 4.69) is 19.9 Å². The molecule has 0 atom stereocenters. The van der Waals surface area contributed by atoms with E-state index in [-0.39, 0.29) is 9.77 Å². The number of halogens is 1. The van der Waals surface area contributed by atoms with Crippen molar-refractivity contribution in [1.29, 1.82) is 0 Å². The van der Waals surface area contributed by atoms with Gasteiger partial charge in [0.05, 0.1) is 5.69 Å². The van der Waals surface area contributed by atoms with Crippen LogP contribution in [0.4, 0.5) is 14.9 Å². The number of pyridine rings is 1. The third-order valence-electron chi connectivity index (χ3n) is 6.11. The van der Waals surface area contributed by atoms with Crippen LogP contribution >= 0.6 is 11.3 Å². The molecule has 0 unspecified atom stereocenters. The molecule has 0 saturated carbocycles. The molecule has 0 saturated heterocycles. The van der Waals surface area contributed by atoms with E-state index in [4.69, 9.17) is 0 Å². The molecule has 0 spiro atoms. The second-order valence-corrected chi connectivity index (χ2v) is 11.4. The predicted octanol–water partition coefficient (Wildman–Crippen LogP) is 3.94. The number of anilines is 1. The molecule has 0 fully saturated rings. The first kappa shape index (κ1) is 22.0. The summed E-state index contributed by atoms with van der Waals surface area (Å²) in [6.07, 6.45) is 6.04. The fourth-order valence-corrected chi connectivity index (χ4v) is 6.95. The summed E-state index contributed by atoms with van der Waals surface area (Å²) >= 11 is 1.20. The molecule has 172 valence electrons. The van der Waals surface area contributed by atoms with Crippen molar-refractivity contribution in [2.24, 2.45) is 0 Å². The van der Waals surface area contributed by atoms with Gasteiger partial charge in [0, 0.05) is 41.5 Å². The lowest BCUT2D eigenvalue weighted by Crippen LogP contribution is -2.34. The number of aryl methyl sites for hydroxylation is 1. The predicted molar refractivity (Wildman–Crippen MR) is 125 cm³/mol. The minimum Gasteiger partial charge on any atom is -0.306 e. The van der Waals surface area contributed by atoms with E-state index in [0.717, 1.165) is 53.8 Å². The number of sulfonamides is 1. The highest BCUT2D eigenvalue weighted by Gasteiger charge is 2.27. The monoisotopic (exact) mass is 486 g/mol. The summed E-state index contributed by atoms with van der Waals surface area (Å²) in [6.45, 7) is 1.55. The third-order valence-corrected chi connectivity index (χ3v) is 9.15. The Morgan fingerprint density at radius 3 is 2.82 bits per heavy atom. The maximum Gasteiger partial charge on any atom is 0.333 e. The largest absolute Gasteiger partial charge is 0.333 e. The van der Waals surface area contributed by atoms with Gasteiger partial charge in [-0.3, -0.25) is 4.98 Å². The number of hydrogen-bond donors (Lipinski definition) is 2. The van der Waals surface area contributed by atoms with E-state index in [0.29, 0.717) is 17.8 Å². The van der Waals surface area contributed by atoms with Crippen molar-refractivity contribution in [3.63, 3.8) is 0 Å². The fourth-order valence-electron chi connectivity index (χ4n) is 4.50. The lowest BCUT2D eigenvalue weighted by Gasteiger charge is -2.21. The number of hydrogen-bond acceptors (Lipinski definition) is 6. The van der Waals surface area contributed by atoms with Crippen LogP contribution in [0.25, 0.3) is 11.1 Å². The first-order valence-corrected chi connectivity index (χ1v) is 13.0. The van der Waals surface area contributed by atoms with Crippen LogP contribution in [0.15, 0.2) is 40.9 Å². The summed E-state index contributed by atoms with van der Waals surface area (Å²) in [4.78, 5) is 20.0. The van der Waals surface area contributed by atoms with E-state index in [1.165, 1.54) is 29.8 Å². The highest BCUT2D eigenvalue weighted by atomic mass is 32.2. The Labute approximate surface area is 195 Å². The summed E-state index contributed by atoms with van der Waals surface area (Å²) in [7, 11) is -2.05. The highest BCUT2D eigenvalue weighted by molar-refractivity contribution is 7.92. The van der Waals surface area contributed by atoms with Crippen LogP contribution in [0, 0.1) is 5.82 Å². The number of benzene rings is 1. The SMILES string of the molecule is CN1CCc2sc(S(=O)(=O)NC(=O)Nc3c(-c4cnccc4F)ccc4c3CCC4)cc2C1. The maximum absolute atomic E-state index is 14.5. The first-order valence-electron chi connectivity index (χ1n) is 10.7. The van der Waals surface area contributed by atoms with Crippen LogP contribution in [-0.4, -0.2) is 37.9 Å². The third kappa shape index (κ3) is 4.25. The van der Waals surface area contributed by atoms with Gasteiger partial charge in [0.25, 0.3) is 10.0 Å². The van der Waals surface area contributed by atoms with E-state index < -0.39 is 21.9 Å². The van der Waals surface area contributed by atoms with Crippen LogP contribution in [0.3, 0.4) is 0 Å². The zero-order valence-corrected chi connectivity index (χ0v) is 19.7. The average molecular weight is 487 g/mol. The minimum absolute atomic E-state index is 0.120. The molecular formula is C23H23FN4O3S2. The van der Waals surface area contributed by atoms with Crippen LogP contribution < -0.4 is 10.0 Å². The number of carbonyl (C=O) groups excluding carboxylic acids is 1. The second-order valence-electron chi connectivity index (χ2n) is 8.40. The van der Waals surface area contributed by atoms with Crippen molar-refractivity contribution < 1.29 is 17.6 Å². The first-order chi connectivity index (χ1) is 15.8. The van der Waals surface area contributed by atoms with Gasteiger partial charge in [-0.1, -0.05) is 12.1 Å². The Morgan fingerprint density at radius 2 is 2.00 bits per heavy atom. The van der Waals surface area contributed by atoms with Crippen LogP contribution in [-0.2, 0) is 35.8 Å². The lowest BCUT2D eigenvalue weighted by molar-refractivity contribution is 0.256. The second kappa shape index (κ2) is 8.51. The number of aromatic nitrogens is 1. The molecule has 10 heteroatoms. The van der Waals surface area contributed by atoms with Crippen molar-refractivity contribution in [3.8, 4) is 11.1 Å². The van der Waals surface area contributed by atoms with Crippen LogP contribution in [0.5, 0.6) is 0 Å². The molecule has 5 rings (SSSR count). The van der Waals surface area contributed by atoms with Crippen molar-refractivity contribution in [2.75, 3.05) is 18.9 Å². The van der Waals surface area contributed by atoms with Crippen molar-refractivity contribution in [1.82, 2.24) is 14.6 Å². The summed E-state index contributed by atoms with van der Waals surface area (Å²) in [5.41, 5.74) is 4.10. The number of amides is 2. The van der Waals surface area contributed by atoms with Crippen LogP contribution in [0.1, 0.15) is 28.0 Å². The van der Waals surface area contributed by atoms with Gasteiger partial charge >= 0.3 is 6.03 Å². The Kier molecular flexibility index (Phi) is 5.67. The number of carbonyl (C=O) groups is 1. The fraction of sp³-hybridized carbons (Fsp3) is 0.304. The molecule has 0 radical (unpaired) electrons. The van der Waals surface area contributed by atoms with Gasteiger partial charge in [0.15, 0.2) is 0 Å². The van der Waals surface area contributed by atoms with Gasteiger partial charge in [0.1, 0.15) is 10.0 Å². The topological polar surface area (TPSA) is 91.4 Å². The van der Waals surface area contributed by atoms with E-state index >= 15 is 0 Å². The number of nitrogens with one attached hydrogen (secondary N) is 2. The highest BCUT2D eigenvalue weighted by Crippen LogP contribution is 2.38. The van der Waals surface area contributed by atoms with Gasteiger partial charge in [-0.15, -0.1) is 11.3 Å². The van der Waals surface area contributed by atoms with Gasteiger partial charge in [0.2, 0.25) is 0 Å². The lowest BCUT2D eigenvalue weighted by atomic mass is 9.98. The summed E-state index contributed by atoms with van der Waals surface area (Å²) in [6, 6.07) is 5.70. The van der Waals surface area contributed by atoms with Crippen LogP contribution in [0.2, 0.25) is 0 Å². The summed E-state index contributed by atoms with van der Waals surface area (Å²) < 4.78 is 42.6. The normalized spacial score (nSPS) is 15.7. The van der Waals surface area contributed by atoms with Crippen molar-refractivity contribution >= 4 is 33.1 Å². The molecule has 1 aliphatic carbocycles. The molecule has 7 nitrogen and oxygen atoms in total. The smallest absolute Gasteiger partial charge is 0.306 e. The molecule has 0 bridgehead atoms. The number of rotatable bonds is 4. The molecule has 3 heterocycles. The number of likely N-dealkylation sites (N-methyl/N-ethyl adjacent to an activating group) is 1. The molecule has 2 amide bonds. The molecule has 2 aliphatic rings. The average Bonchev–Trinajstić information content (AvgIpc) is 3.41. The van der Waals surface area contributed by atoms with E-state index in [9.17, 15) is 17.6 Å². The number of nitrogens with zero attached hydrogens (tertiary/aromatic N) is 2. The molecule has 1 aliphatic heterocycles. The summed E-state index contributed by atoms with van der Waals surface area (Å²) in [5, 5.41) is 2.70. The Bertz CT molecular complexity index is 1350. The van der Waals surface area contributed by atoms with E-state index in [1.54, 1.807) is 12.1 Å². The van der Waals surface area contributed by atoms with Gasteiger partial charge in [-0.2, -0.15) is 0 Å². The van der Waals surface area contributed by atoms with Crippen molar-refractivity contribution in [2.45, 2.75) is 36.4 Å². The Balaban J connectivity index is 1.44. The number of urea groups is 1. The maximum atomic E-state index is 14.5. The zero-order valence-electron chi connectivity index (χ0n) is 18.0. The Morgan fingerprint density at radius 1 is 1.15 bits per heavy atom. The standard InChI is InChI=1S/C23H23FN4O3S2/c1-28-10-8-20-15(13-28)11-21(32-20)33(30,31)27-23(29)26-22-16-4-2-3-14(16)5-6-17(22)18-12-25-9-7-19(18)24/h5-7,9,11-12H,2-4,8,10,13H2,1H3,(H2,26,27,29). The molecule has 2 aromatic heterocycles. The summed E-state index contributed by atoms with van der Waals surface area (Å²) in [5.74, 6) is -0.465. The van der Waals surface area contributed by atoms with Gasteiger partial charge in [-0.25, -0.2) is 22.3 Å². The van der Waals surface area contributed by atoms with Gasteiger partial charge < -0.3 is 10.2 Å². The number of fused-ring (bicyclic) bond motifs is 2. The quantitative estimate of drug-likeness (QED) is 0.583. The Hall–Kier alpha value is -2.82. The number of thiophene rings is 1. The molecule has 2 N–H and O–H groups in total. The zero-order chi connectivity index (χ0) is 23.2. The van der Waals surface area contributed by atoms with E-state index in [1.807, 2.05) is 13.1 Å².